The number of hydrogen-bond donors (Lipinski definition) is 1. The van der Waals surface area contributed by atoms with E-state index in [1.54, 1.807) is 11.1 Å². The summed E-state index contributed by atoms with van der Waals surface area (Å²) in [4.78, 5) is 18.1. The summed E-state index contributed by atoms with van der Waals surface area (Å²) in [5, 5.41) is 9.77. The minimum Gasteiger partial charge on any atom is -0.395 e. The lowest BCUT2D eigenvalue weighted by atomic mass is 10.2. The summed E-state index contributed by atoms with van der Waals surface area (Å²) in [7, 11) is 0. The Morgan fingerprint density at radius 2 is 2.18 bits per heavy atom. The Morgan fingerprint density at radius 3 is 2.86 bits per heavy atom. The first-order valence-electron chi connectivity index (χ1n) is 7.28. The van der Waals surface area contributed by atoms with Crippen LogP contribution in [0.5, 0.6) is 0 Å². The highest BCUT2D eigenvalue weighted by atomic mass is 32.2. The molecule has 22 heavy (non-hydrogen) atoms. The molecule has 5 nitrogen and oxygen atoms in total. The molecule has 2 aromatic rings. The minimum absolute atomic E-state index is 0.0118. The third-order valence-corrected chi connectivity index (χ3v) is 4.36. The van der Waals surface area contributed by atoms with E-state index in [2.05, 4.69) is 18.0 Å². The van der Waals surface area contributed by atoms with Gasteiger partial charge in [0.15, 0.2) is 5.16 Å². The van der Waals surface area contributed by atoms with Crippen LogP contribution >= 0.6 is 11.8 Å². The third kappa shape index (κ3) is 3.90. The zero-order chi connectivity index (χ0) is 15.9. The van der Waals surface area contributed by atoms with E-state index in [1.165, 1.54) is 11.8 Å². The van der Waals surface area contributed by atoms with Gasteiger partial charge in [-0.3, -0.25) is 9.36 Å². The molecule has 0 saturated carbocycles. The fourth-order valence-electron chi connectivity index (χ4n) is 2.21. The van der Waals surface area contributed by atoms with E-state index in [0.717, 1.165) is 16.4 Å². The molecule has 1 aromatic carbocycles. The number of aromatic nitrogens is 2. The van der Waals surface area contributed by atoms with Crippen LogP contribution in [-0.4, -0.2) is 50.9 Å². The van der Waals surface area contributed by atoms with Crippen LogP contribution in [0, 0.1) is 6.92 Å². The van der Waals surface area contributed by atoms with E-state index in [-0.39, 0.29) is 12.5 Å². The van der Waals surface area contributed by atoms with Crippen molar-refractivity contribution >= 4 is 17.7 Å². The molecule has 0 aliphatic rings. The molecule has 0 unspecified atom stereocenters. The third-order valence-electron chi connectivity index (χ3n) is 3.41. The number of hydrogen-bond acceptors (Lipinski definition) is 4. The predicted octanol–water partition coefficient (Wildman–Crippen LogP) is 2.11. The van der Waals surface area contributed by atoms with Gasteiger partial charge >= 0.3 is 0 Å². The van der Waals surface area contributed by atoms with Crippen LogP contribution in [0.15, 0.2) is 41.8 Å². The molecule has 2 rings (SSSR count). The van der Waals surface area contributed by atoms with Crippen molar-refractivity contribution in [2.45, 2.75) is 19.0 Å². The van der Waals surface area contributed by atoms with Gasteiger partial charge in [-0.05, 0) is 25.5 Å². The topological polar surface area (TPSA) is 58.4 Å². The molecule has 118 valence electrons. The molecule has 0 atom stereocenters. The summed E-state index contributed by atoms with van der Waals surface area (Å²) in [6.45, 7) is 4.93. The van der Waals surface area contributed by atoms with Gasteiger partial charge < -0.3 is 10.0 Å². The van der Waals surface area contributed by atoms with Gasteiger partial charge in [-0.25, -0.2) is 4.98 Å². The Hall–Kier alpha value is -1.79. The number of para-hydroxylation sites is 1. The lowest BCUT2D eigenvalue weighted by Crippen LogP contribution is -2.34. The molecular formula is C16H21N3O2S. The van der Waals surface area contributed by atoms with Gasteiger partial charge in [0, 0.05) is 25.5 Å². The van der Waals surface area contributed by atoms with E-state index >= 15 is 0 Å². The average Bonchev–Trinajstić information content (AvgIpc) is 2.99. The smallest absolute Gasteiger partial charge is 0.233 e. The Bertz CT molecular complexity index is 627. The Kier molecular flexibility index (Phi) is 6.03. The molecule has 1 N–H and O–H groups in total. The second kappa shape index (κ2) is 8.00. The maximum absolute atomic E-state index is 12.1. The van der Waals surface area contributed by atoms with Crippen LogP contribution in [0.1, 0.15) is 12.5 Å². The van der Waals surface area contributed by atoms with Crippen LogP contribution in [0.25, 0.3) is 5.69 Å². The number of likely N-dealkylation sites (N-methyl/N-ethyl adjacent to an activating group) is 1. The number of aliphatic hydroxyl groups is 1. The lowest BCUT2D eigenvalue weighted by molar-refractivity contribution is -0.128. The van der Waals surface area contributed by atoms with Gasteiger partial charge in [-0.2, -0.15) is 0 Å². The first kappa shape index (κ1) is 16.6. The van der Waals surface area contributed by atoms with E-state index in [4.69, 9.17) is 5.11 Å². The van der Waals surface area contributed by atoms with Crippen LogP contribution in [0.2, 0.25) is 0 Å². The van der Waals surface area contributed by atoms with Crippen LogP contribution in [0.4, 0.5) is 0 Å². The van der Waals surface area contributed by atoms with Crippen molar-refractivity contribution in [3.05, 3.63) is 42.2 Å². The summed E-state index contributed by atoms with van der Waals surface area (Å²) in [6.07, 6.45) is 3.64. The van der Waals surface area contributed by atoms with Crippen molar-refractivity contribution in [3.63, 3.8) is 0 Å². The number of benzene rings is 1. The van der Waals surface area contributed by atoms with Crippen molar-refractivity contribution < 1.29 is 9.90 Å². The number of aliphatic hydroxyl groups excluding tert-OH is 1. The molecular weight excluding hydrogens is 298 g/mol. The van der Waals surface area contributed by atoms with Crippen molar-refractivity contribution in [1.29, 1.82) is 0 Å². The highest BCUT2D eigenvalue weighted by molar-refractivity contribution is 7.99. The Morgan fingerprint density at radius 1 is 1.41 bits per heavy atom. The molecule has 0 aliphatic carbocycles. The average molecular weight is 319 g/mol. The minimum atomic E-state index is -0.0118. The van der Waals surface area contributed by atoms with Crippen LogP contribution in [-0.2, 0) is 4.79 Å². The zero-order valence-electron chi connectivity index (χ0n) is 12.9. The lowest BCUT2D eigenvalue weighted by Gasteiger charge is -2.19. The summed E-state index contributed by atoms with van der Waals surface area (Å²) < 4.78 is 2.00. The fraction of sp³-hybridized carbons (Fsp3) is 0.375. The maximum Gasteiger partial charge on any atom is 0.233 e. The summed E-state index contributed by atoms with van der Waals surface area (Å²) in [5.41, 5.74) is 2.22. The monoisotopic (exact) mass is 319 g/mol. The van der Waals surface area contributed by atoms with Crippen molar-refractivity contribution in [3.8, 4) is 5.69 Å². The highest BCUT2D eigenvalue weighted by Crippen LogP contribution is 2.22. The van der Waals surface area contributed by atoms with Gasteiger partial charge in [-0.1, -0.05) is 30.0 Å². The number of carbonyl (C=O) groups excluding carboxylic acids is 1. The largest absolute Gasteiger partial charge is 0.395 e. The number of thioether (sulfide) groups is 1. The van der Waals surface area contributed by atoms with Crippen molar-refractivity contribution in [1.82, 2.24) is 14.5 Å². The van der Waals surface area contributed by atoms with Gasteiger partial charge in [0.05, 0.1) is 18.0 Å². The molecule has 0 saturated heterocycles. The van der Waals surface area contributed by atoms with E-state index in [1.807, 2.05) is 35.9 Å². The standard InChI is InChI=1S/C16H21N3O2S/c1-3-18(10-11-20)15(21)12-22-16-17-8-9-19(16)14-7-5-4-6-13(14)2/h4-9,20H,3,10-12H2,1-2H3. The molecule has 1 heterocycles. The van der Waals surface area contributed by atoms with E-state index in [0.29, 0.717) is 18.8 Å². The van der Waals surface area contributed by atoms with Crippen LogP contribution < -0.4 is 0 Å². The summed E-state index contributed by atoms with van der Waals surface area (Å²) >= 11 is 1.41. The molecule has 0 fully saturated rings. The van der Waals surface area contributed by atoms with Gasteiger partial charge in [0.2, 0.25) is 5.91 Å². The van der Waals surface area contributed by atoms with Crippen LogP contribution in [0.3, 0.4) is 0 Å². The quantitative estimate of drug-likeness (QED) is 0.794. The molecule has 0 spiro atoms. The first-order valence-corrected chi connectivity index (χ1v) is 8.26. The highest BCUT2D eigenvalue weighted by Gasteiger charge is 2.14. The van der Waals surface area contributed by atoms with E-state index < -0.39 is 0 Å². The number of aryl methyl sites for hydroxylation is 1. The Labute approximate surface area is 135 Å². The fourth-order valence-corrected chi connectivity index (χ4v) is 3.08. The van der Waals surface area contributed by atoms with Gasteiger partial charge in [0.1, 0.15) is 0 Å². The Balaban J connectivity index is 2.08. The number of rotatable bonds is 7. The first-order chi connectivity index (χ1) is 10.7. The number of carbonyl (C=O) groups is 1. The second-order valence-electron chi connectivity index (χ2n) is 4.85. The normalized spacial score (nSPS) is 10.7. The molecule has 1 amide bonds. The molecule has 1 aromatic heterocycles. The number of amides is 1. The predicted molar refractivity (Wildman–Crippen MR) is 88.4 cm³/mol. The molecule has 0 bridgehead atoms. The number of nitrogens with zero attached hydrogens (tertiary/aromatic N) is 3. The molecule has 6 heteroatoms. The van der Waals surface area contributed by atoms with Crippen molar-refractivity contribution in [2.24, 2.45) is 0 Å². The second-order valence-corrected chi connectivity index (χ2v) is 5.79. The zero-order valence-corrected chi connectivity index (χ0v) is 13.7. The molecule has 0 radical (unpaired) electrons. The molecule has 0 aliphatic heterocycles. The van der Waals surface area contributed by atoms with Gasteiger partial charge in [0.25, 0.3) is 0 Å². The van der Waals surface area contributed by atoms with E-state index in [9.17, 15) is 4.79 Å². The summed E-state index contributed by atoms with van der Waals surface area (Å²) in [5.74, 6) is 0.331. The number of imidazole rings is 1. The summed E-state index contributed by atoms with van der Waals surface area (Å²) in [6, 6.07) is 8.07. The van der Waals surface area contributed by atoms with Gasteiger partial charge in [-0.15, -0.1) is 0 Å². The van der Waals surface area contributed by atoms with Crippen molar-refractivity contribution in [2.75, 3.05) is 25.4 Å². The maximum atomic E-state index is 12.1. The SMILES string of the molecule is CCN(CCO)C(=O)CSc1nccn1-c1ccccc1C.